The standard InChI is InChI=1S/C37H62N6O8/c1-5-10-28-34(47)42-32(26-11-8-6-7-9-12-26)36(49)40-27(19-38)33(46)41-31(22(3)44)35(48)39-20-30(45)51-29(21(2)37(50)43(28)4)18-25-16-23-13-14-24(15-23)17-25/h21-29,31-32,44H,5-20,38H2,1-4H3,(H,39,48)(H,40,49)(H,41,46)(H,42,47)/t21-,22+,23-,24+,25+,27+,28+,29-,31+,32+/m1/s1. The lowest BCUT2D eigenvalue weighted by molar-refractivity contribution is -0.158. The third kappa shape index (κ3) is 10.9. The van der Waals surface area contributed by atoms with E-state index in [2.05, 4.69) is 21.3 Å². The molecule has 3 aliphatic carbocycles. The molecule has 4 rings (SSSR count). The van der Waals surface area contributed by atoms with Gasteiger partial charge < -0.3 is 41.7 Å². The fraction of sp³-hybridized carbons (Fsp3) is 0.838. The van der Waals surface area contributed by atoms with Gasteiger partial charge in [0.05, 0.1) is 12.0 Å². The Morgan fingerprint density at radius 3 is 2.10 bits per heavy atom. The Hall–Kier alpha value is -3.26. The Morgan fingerprint density at radius 1 is 0.863 bits per heavy atom. The Kier molecular flexibility index (Phi) is 15.1. The molecule has 51 heavy (non-hydrogen) atoms. The minimum Gasteiger partial charge on any atom is -0.460 e. The topological polar surface area (TPSA) is 209 Å². The number of amides is 5. The minimum atomic E-state index is -1.46. The van der Waals surface area contributed by atoms with Crippen LogP contribution in [0.3, 0.4) is 0 Å². The molecular weight excluding hydrogens is 656 g/mol. The molecule has 0 unspecified atom stereocenters. The van der Waals surface area contributed by atoms with E-state index < -0.39 is 78.4 Å². The summed E-state index contributed by atoms with van der Waals surface area (Å²) >= 11 is 0. The number of cyclic esters (lactones) is 1. The number of carbonyl (C=O) groups excluding carboxylic acids is 6. The van der Waals surface area contributed by atoms with Crippen molar-refractivity contribution in [2.24, 2.45) is 35.3 Å². The van der Waals surface area contributed by atoms with Gasteiger partial charge in [-0.25, -0.2) is 0 Å². The first kappa shape index (κ1) is 40.5. The Labute approximate surface area is 302 Å². The maximum atomic E-state index is 14.2. The van der Waals surface area contributed by atoms with Gasteiger partial charge in [0.1, 0.15) is 36.8 Å². The molecule has 0 aromatic carbocycles. The van der Waals surface area contributed by atoms with Crippen LogP contribution < -0.4 is 27.0 Å². The van der Waals surface area contributed by atoms with E-state index in [0.717, 1.165) is 38.5 Å². The zero-order chi connectivity index (χ0) is 37.2. The molecule has 4 fully saturated rings. The van der Waals surface area contributed by atoms with Crippen LogP contribution in [0.15, 0.2) is 0 Å². The van der Waals surface area contributed by atoms with Gasteiger partial charge in [-0.3, -0.25) is 28.8 Å². The van der Waals surface area contributed by atoms with Crippen molar-refractivity contribution in [2.45, 2.75) is 147 Å². The molecule has 0 spiro atoms. The lowest BCUT2D eigenvalue weighted by Gasteiger charge is -2.36. The first-order chi connectivity index (χ1) is 24.3. The zero-order valence-corrected chi connectivity index (χ0v) is 31.0. The number of aliphatic hydroxyl groups excluding tert-OH is 1. The first-order valence-corrected chi connectivity index (χ1v) is 19.4. The lowest BCUT2D eigenvalue weighted by atomic mass is 9.77. The molecule has 0 aromatic heterocycles. The molecular formula is C37H62N6O8. The molecule has 1 aliphatic heterocycles. The van der Waals surface area contributed by atoms with Crippen molar-refractivity contribution < 1.29 is 38.6 Å². The molecule has 14 heteroatoms. The van der Waals surface area contributed by atoms with E-state index in [4.69, 9.17) is 10.5 Å². The van der Waals surface area contributed by atoms with Crippen LogP contribution in [0.5, 0.6) is 0 Å². The minimum absolute atomic E-state index is 0.208. The van der Waals surface area contributed by atoms with Gasteiger partial charge in [0.2, 0.25) is 29.5 Å². The highest BCUT2D eigenvalue weighted by atomic mass is 16.5. The quantitative estimate of drug-likeness (QED) is 0.165. The van der Waals surface area contributed by atoms with E-state index in [1.54, 1.807) is 14.0 Å². The Morgan fingerprint density at radius 2 is 1.51 bits per heavy atom. The molecule has 3 saturated carbocycles. The molecule has 2 bridgehead atoms. The average molecular weight is 719 g/mol. The van der Waals surface area contributed by atoms with Crippen LogP contribution in [0, 0.1) is 29.6 Å². The van der Waals surface area contributed by atoms with Gasteiger partial charge in [-0.1, -0.05) is 58.8 Å². The molecule has 5 amide bonds. The number of nitrogens with zero attached hydrogens (tertiary/aromatic N) is 1. The Bertz CT molecular complexity index is 1230. The summed E-state index contributed by atoms with van der Waals surface area (Å²) in [6.45, 7) is 4.07. The molecule has 14 nitrogen and oxygen atoms in total. The van der Waals surface area contributed by atoms with Crippen LogP contribution in [0.4, 0.5) is 0 Å². The van der Waals surface area contributed by atoms with Gasteiger partial charge in [0.15, 0.2) is 0 Å². The second kappa shape index (κ2) is 19.0. The molecule has 1 heterocycles. The van der Waals surface area contributed by atoms with Crippen LogP contribution in [-0.4, -0.2) is 102 Å². The summed E-state index contributed by atoms with van der Waals surface area (Å²) in [5, 5.41) is 21.0. The molecule has 288 valence electrons. The van der Waals surface area contributed by atoms with Gasteiger partial charge in [-0.2, -0.15) is 0 Å². The van der Waals surface area contributed by atoms with Crippen LogP contribution in [-0.2, 0) is 33.5 Å². The zero-order valence-electron chi connectivity index (χ0n) is 31.0. The third-order valence-corrected chi connectivity index (χ3v) is 11.7. The van der Waals surface area contributed by atoms with Crippen LogP contribution in [0.1, 0.15) is 111 Å². The molecule has 0 aromatic rings. The summed E-state index contributed by atoms with van der Waals surface area (Å²) < 4.78 is 5.96. The number of aliphatic hydroxyl groups is 1. The highest BCUT2D eigenvalue weighted by molar-refractivity contribution is 5.96. The number of hydrogen-bond acceptors (Lipinski definition) is 9. The van der Waals surface area contributed by atoms with Crippen LogP contribution in [0.2, 0.25) is 0 Å². The van der Waals surface area contributed by atoms with Crippen molar-refractivity contribution in [1.82, 2.24) is 26.2 Å². The summed E-state index contributed by atoms with van der Waals surface area (Å²) in [4.78, 5) is 83.5. The van der Waals surface area contributed by atoms with Gasteiger partial charge in [0, 0.05) is 13.6 Å². The first-order valence-electron chi connectivity index (χ1n) is 19.4. The number of likely N-dealkylation sites (N-methyl/N-ethyl adjacent to an activating group) is 1. The van der Waals surface area contributed by atoms with Gasteiger partial charge in [-0.05, 0) is 75.5 Å². The number of rotatable bonds is 7. The van der Waals surface area contributed by atoms with Crippen molar-refractivity contribution >= 4 is 35.5 Å². The monoisotopic (exact) mass is 718 g/mol. The number of hydrogen-bond donors (Lipinski definition) is 6. The van der Waals surface area contributed by atoms with E-state index in [1.807, 2.05) is 6.92 Å². The van der Waals surface area contributed by atoms with E-state index in [0.29, 0.717) is 43.9 Å². The van der Waals surface area contributed by atoms with Crippen LogP contribution in [0.25, 0.3) is 0 Å². The average Bonchev–Trinajstić information content (AvgIpc) is 3.26. The molecule has 10 atom stereocenters. The molecule has 0 radical (unpaired) electrons. The summed E-state index contributed by atoms with van der Waals surface area (Å²) in [5.41, 5.74) is 5.92. The summed E-state index contributed by atoms with van der Waals surface area (Å²) in [6.07, 6.45) is 10.0. The lowest BCUT2D eigenvalue weighted by Crippen LogP contribution is -2.62. The molecule has 4 aliphatic rings. The normalized spacial score (nSPS) is 34.9. The second-order valence-electron chi connectivity index (χ2n) is 15.7. The fourth-order valence-electron chi connectivity index (χ4n) is 8.85. The van der Waals surface area contributed by atoms with Crippen molar-refractivity contribution in [3.8, 4) is 0 Å². The summed E-state index contributed by atoms with van der Waals surface area (Å²) in [6, 6.07) is -4.63. The summed E-state index contributed by atoms with van der Waals surface area (Å²) in [5.74, 6) is -3.29. The highest BCUT2D eigenvalue weighted by Gasteiger charge is 2.41. The Balaban J connectivity index is 1.68. The number of nitrogens with two attached hydrogens (primary N) is 1. The number of esters is 1. The van der Waals surface area contributed by atoms with Crippen molar-refractivity contribution in [1.29, 1.82) is 0 Å². The maximum Gasteiger partial charge on any atom is 0.325 e. The number of fused-ring (bicyclic) bond motifs is 2. The van der Waals surface area contributed by atoms with E-state index >= 15 is 0 Å². The third-order valence-electron chi connectivity index (χ3n) is 11.7. The molecule has 1 saturated heterocycles. The van der Waals surface area contributed by atoms with Gasteiger partial charge >= 0.3 is 5.97 Å². The predicted molar refractivity (Wildman–Crippen MR) is 189 cm³/mol. The number of carbonyl (C=O) groups is 6. The van der Waals surface area contributed by atoms with Gasteiger partial charge in [0.25, 0.3) is 0 Å². The van der Waals surface area contributed by atoms with Crippen molar-refractivity contribution in [3.63, 3.8) is 0 Å². The van der Waals surface area contributed by atoms with Crippen molar-refractivity contribution in [2.75, 3.05) is 20.1 Å². The van der Waals surface area contributed by atoms with Crippen LogP contribution >= 0.6 is 0 Å². The van der Waals surface area contributed by atoms with Gasteiger partial charge in [-0.15, -0.1) is 0 Å². The SMILES string of the molecule is CCC[C@H]1C(=O)N[C@@H](C2CCCCCC2)C(=O)N[C@@H](CN)C(=O)N[C@@H]([C@H](C)O)C(=O)NCC(=O)O[C@H](C[C@H]2C[C@@H]3CC[C@@H](C3)C2)[C@@H](C)C(=O)N1C. The number of ether oxygens (including phenoxy) is 1. The van der Waals surface area contributed by atoms with E-state index in [1.165, 1.54) is 31.1 Å². The number of nitrogens with one attached hydrogen (secondary N) is 4. The predicted octanol–water partition coefficient (Wildman–Crippen LogP) is 1.27. The fourth-order valence-corrected chi connectivity index (χ4v) is 8.85. The highest BCUT2D eigenvalue weighted by Crippen LogP contribution is 2.46. The molecule has 7 N–H and O–H groups in total. The smallest absolute Gasteiger partial charge is 0.325 e. The maximum absolute atomic E-state index is 14.2. The van der Waals surface area contributed by atoms with E-state index in [-0.39, 0.29) is 24.3 Å². The van der Waals surface area contributed by atoms with E-state index in [9.17, 15) is 33.9 Å². The summed E-state index contributed by atoms with van der Waals surface area (Å²) in [7, 11) is 1.58. The largest absolute Gasteiger partial charge is 0.460 e. The second-order valence-corrected chi connectivity index (χ2v) is 15.7. The van der Waals surface area contributed by atoms with Crippen molar-refractivity contribution in [3.05, 3.63) is 0 Å².